The first-order valence-corrected chi connectivity index (χ1v) is 5.71. The van der Waals surface area contributed by atoms with Gasteiger partial charge in [0.15, 0.2) is 0 Å². The molecule has 0 bridgehead atoms. The van der Waals surface area contributed by atoms with Gasteiger partial charge in [-0.3, -0.25) is 0 Å². The van der Waals surface area contributed by atoms with E-state index in [1.807, 2.05) is 6.20 Å². The van der Waals surface area contributed by atoms with Gasteiger partial charge in [0, 0.05) is 25.0 Å². The van der Waals surface area contributed by atoms with E-state index >= 15 is 0 Å². The van der Waals surface area contributed by atoms with Crippen molar-refractivity contribution in [1.82, 2.24) is 20.2 Å². The molecule has 1 unspecified atom stereocenters. The van der Waals surface area contributed by atoms with E-state index in [0.717, 1.165) is 19.0 Å². The molecular weight excluding hydrogens is 188 g/mol. The summed E-state index contributed by atoms with van der Waals surface area (Å²) in [6, 6.07) is 0. The molecule has 0 spiro atoms. The van der Waals surface area contributed by atoms with Gasteiger partial charge in [-0.05, 0) is 38.9 Å². The Kier molecular flexibility index (Phi) is 3.75. The Morgan fingerprint density at radius 1 is 1.67 bits per heavy atom. The number of rotatable bonds is 4. The lowest BCUT2D eigenvalue weighted by Crippen LogP contribution is -2.37. The predicted molar refractivity (Wildman–Crippen MR) is 60.5 cm³/mol. The average molecular weight is 208 g/mol. The van der Waals surface area contributed by atoms with Crippen LogP contribution in [0.2, 0.25) is 0 Å². The summed E-state index contributed by atoms with van der Waals surface area (Å²) in [6.07, 6.45) is 6.30. The quantitative estimate of drug-likeness (QED) is 0.770. The normalized spacial score (nSPS) is 23.1. The van der Waals surface area contributed by atoms with Gasteiger partial charge in [0.05, 0.1) is 6.33 Å². The molecule has 4 nitrogen and oxygen atoms in total. The SMILES string of the molecule is CN1CCCC(CNCc2cnc[nH]2)C1. The number of hydrogen-bond donors (Lipinski definition) is 2. The second-order valence-corrected chi connectivity index (χ2v) is 4.48. The van der Waals surface area contributed by atoms with Crippen LogP contribution in [0.3, 0.4) is 0 Å². The van der Waals surface area contributed by atoms with Gasteiger partial charge in [0.1, 0.15) is 0 Å². The topological polar surface area (TPSA) is 44.0 Å². The number of hydrogen-bond acceptors (Lipinski definition) is 3. The van der Waals surface area contributed by atoms with Gasteiger partial charge in [0.2, 0.25) is 0 Å². The molecule has 1 saturated heterocycles. The summed E-state index contributed by atoms with van der Waals surface area (Å²) in [5, 5.41) is 3.48. The fraction of sp³-hybridized carbons (Fsp3) is 0.727. The van der Waals surface area contributed by atoms with Crippen LogP contribution in [0.25, 0.3) is 0 Å². The third-order valence-electron chi connectivity index (χ3n) is 3.03. The van der Waals surface area contributed by atoms with Crippen molar-refractivity contribution < 1.29 is 0 Å². The van der Waals surface area contributed by atoms with Gasteiger partial charge in [-0.2, -0.15) is 0 Å². The van der Waals surface area contributed by atoms with Crippen LogP contribution in [0, 0.1) is 5.92 Å². The maximum Gasteiger partial charge on any atom is 0.0922 e. The Labute approximate surface area is 91.1 Å². The zero-order chi connectivity index (χ0) is 10.5. The molecule has 1 aliphatic heterocycles. The van der Waals surface area contributed by atoms with E-state index < -0.39 is 0 Å². The van der Waals surface area contributed by atoms with Crippen LogP contribution < -0.4 is 5.32 Å². The number of nitrogens with one attached hydrogen (secondary N) is 2. The number of nitrogens with zero attached hydrogens (tertiary/aromatic N) is 2. The molecule has 1 atom stereocenters. The van der Waals surface area contributed by atoms with Crippen LogP contribution in [0.5, 0.6) is 0 Å². The van der Waals surface area contributed by atoms with E-state index in [1.165, 1.54) is 31.6 Å². The van der Waals surface area contributed by atoms with Crippen LogP contribution in [0.4, 0.5) is 0 Å². The first-order chi connectivity index (χ1) is 7.34. The van der Waals surface area contributed by atoms with Crippen LogP contribution in [0.1, 0.15) is 18.5 Å². The highest BCUT2D eigenvalue weighted by Crippen LogP contribution is 2.13. The lowest BCUT2D eigenvalue weighted by atomic mass is 9.98. The summed E-state index contributed by atoms with van der Waals surface area (Å²) in [5.41, 5.74) is 1.17. The smallest absolute Gasteiger partial charge is 0.0922 e. The number of aromatic nitrogens is 2. The minimum absolute atomic E-state index is 0.812. The number of H-pyrrole nitrogens is 1. The Morgan fingerprint density at radius 3 is 3.33 bits per heavy atom. The van der Waals surface area contributed by atoms with Crippen molar-refractivity contribution in [1.29, 1.82) is 0 Å². The molecule has 4 heteroatoms. The first-order valence-electron chi connectivity index (χ1n) is 5.71. The minimum atomic E-state index is 0.812. The van der Waals surface area contributed by atoms with E-state index in [4.69, 9.17) is 0 Å². The molecule has 1 fully saturated rings. The summed E-state index contributed by atoms with van der Waals surface area (Å²) < 4.78 is 0. The van der Waals surface area contributed by atoms with Gasteiger partial charge in [-0.15, -0.1) is 0 Å². The van der Waals surface area contributed by atoms with Gasteiger partial charge in [-0.1, -0.05) is 0 Å². The second kappa shape index (κ2) is 5.28. The fourth-order valence-electron chi connectivity index (χ4n) is 2.23. The maximum absolute atomic E-state index is 4.00. The summed E-state index contributed by atoms with van der Waals surface area (Å²) in [7, 11) is 2.21. The number of aromatic amines is 1. The minimum Gasteiger partial charge on any atom is -0.347 e. The van der Waals surface area contributed by atoms with Gasteiger partial charge < -0.3 is 15.2 Å². The Hall–Kier alpha value is -0.870. The van der Waals surface area contributed by atoms with Crippen molar-refractivity contribution in [3.8, 4) is 0 Å². The van der Waals surface area contributed by atoms with E-state index in [0.29, 0.717) is 0 Å². The summed E-state index contributed by atoms with van der Waals surface area (Å²) in [4.78, 5) is 9.52. The van der Waals surface area contributed by atoms with Crippen LogP contribution in [0.15, 0.2) is 12.5 Å². The molecule has 1 aromatic heterocycles. The van der Waals surface area contributed by atoms with Crippen molar-refractivity contribution in [3.05, 3.63) is 18.2 Å². The monoisotopic (exact) mass is 208 g/mol. The third kappa shape index (κ3) is 3.32. The van der Waals surface area contributed by atoms with Crippen molar-refractivity contribution >= 4 is 0 Å². The molecule has 2 N–H and O–H groups in total. The Morgan fingerprint density at radius 2 is 2.60 bits per heavy atom. The van der Waals surface area contributed by atoms with Crippen LogP contribution in [-0.4, -0.2) is 41.5 Å². The van der Waals surface area contributed by atoms with E-state index in [-0.39, 0.29) is 0 Å². The predicted octanol–water partition coefficient (Wildman–Crippen LogP) is 0.841. The van der Waals surface area contributed by atoms with Crippen molar-refractivity contribution in [2.45, 2.75) is 19.4 Å². The highest BCUT2D eigenvalue weighted by molar-refractivity contribution is 4.93. The Balaban J connectivity index is 1.65. The summed E-state index contributed by atoms with van der Waals surface area (Å²) in [6.45, 7) is 4.51. The van der Waals surface area contributed by atoms with Gasteiger partial charge in [-0.25, -0.2) is 4.98 Å². The van der Waals surface area contributed by atoms with Crippen molar-refractivity contribution in [2.24, 2.45) is 5.92 Å². The van der Waals surface area contributed by atoms with Crippen molar-refractivity contribution in [3.63, 3.8) is 0 Å². The highest BCUT2D eigenvalue weighted by Gasteiger charge is 2.16. The fourth-order valence-corrected chi connectivity index (χ4v) is 2.23. The number of imidazole rings is 1. The summed E-state index contributed by atoms with van der Waals surface area (Å²) >= 11 is 0. The Bertz CT molecular complexity index is 270. The first kappa shape index (κ1) is 10.6. The highest BCUT2D eigenvalue weighted by atomic mass is 15.1. The zero-order valence-electron chi connectivity index (χ0n) is 9.37. The maximum atomic E-state index is 4.00. The molecule has 15 heavy (non-hydrogen) atoms. The van der Waals surface area contributed by atoms with Gasteiger partial charge in [0.25, 0.3) is 0 Å². The number of piperidine rings is 1. The van der Waals surface area contributed by atoms with Crippen LogP contribution in [-0.2, 0) is 6.54 Å². The molecule has 0 aromatic carbocycles. The lowest BCUT2D eigenvalue weighted by molar-refractivity contribution is 0.206. The zero-order valence-corrected chi connectivity index (χ0v) is 9.37. The molecule has 84 valence electrons. The molecule has 2 heterocycles. The standard InChI is InChI=1S/C11H20N4/c1-15-4-2-3-10(8-15)5-12-6-11-7-13-9-14-11/h7,9-10,12H,2-6,8H2,1H3,(H,13,14). The molecule has 1 aromatic rings. The molecule has 2 rings (SSSR count). The van der Waals surface area contributed by atoms with E-state index in [9.17, 15) is 0 Å². The molecule has 1 aliphatic rings. The average Bonchev–Trinajstić information content (AvgIpc) is 2.71. The second-order valence-electron chi connectivity index (χ2n) is 4.48. The summed E-state index contributed by atoms with van der Waals surface area (Å²) in [5.74, 6) is 0.812. The van der Waals surface area contributed by atoms with Crippen molar-refractivity contribution in [2.75, 3.05) is 26.7 Å². The molecule has 0 saturated carbocycles. The lowest BCUT2D eigenvalue weighted by Gasteiger charge is -2.29. The number of likely N-dealkylation sites (tertiary alicyclic amines) is 1. The van der Waals surface area contributed by atoms with Crippen LogP contribution >= 0.6 is 0 Å². The largest absolute Gasteiger partial charge is 0.347 e. The van der Waals surface area contributed by atoms with Gasteiger partial charge >= 0.3 is 0 Å². The molecule has 0 radical (unpaired) electrons. The molecule has 0 aliphatic carbocycles. The third-order valence-corrected chi connectivity index (χ3v) is 3.03. The molecular formula is C11H20N4. The van der Waals surface area contributed by atoms with E-state index in [2.05, 4.69) is 27.2 Å². The van der Waals surface area contributed by atoms with E-state index in [1.54, 1.807) is 6.33 Å². The molecule has 0 amide bonds.